The summed E-state index contributed by atoms with van der Waals surface area (Å²) in [4.78, 5) is 16.0. The van der Waals surface area contributed by atoms with Crippen LogP contribution in [0.15, 0.2) is 0 Å². The fraction of sp³-hybridized carbons (Fsp3) is 0.929. The molecular formula is C14H30BN3O3. The fourth-order valence-electron chi connectivity index (χ4n) is 2.88. The van der Waals surface area contributed by atoms with Gasteiger partial charge in [-0.2, -0.15) is 0 Å². The first-order valence-electron chi connectivity index (χ1n) is 7.98. The monoisotopic (exact) mass is 299 g/mol. The van der Waals surface area contributed by atoms with E-state index in [9.17, 15) is 4.79 Å². The summed E-state index contributed by atoms with van der Waals surface area (Å²) in [6.07, 6.45) is 5.92. The van der Waals surface area contributed by atoms with Gasteiger partial charge in [-0.25, -0.2) is 0 Å². The molecule has 0 spiro atoms. The minimum atomic E-state index is -1.20. The largest absolute Gasteiger partial charge is 0.451 e. The molecule has 1 aliphatic rings. The lowest BCUT2D eigenvalue weighted by atomic mass is 9.83. The molecule has 0 saturated carbocycles. The second-order valence-electron chi connectivity index (χ2n) is 6.24. The Morgan fingerprint density at radius 2 is 2.10 bits per heavy atom. The summed E-state index contributed by atoms with van der Waals surface area (Å²) in [6.45, 7) is 1.85. The Bertz CT molecular complexity index is 316. The smallest absolute Gasteiger partial charge is 0.427 e. The highest BCUT2D eigenvalue weighted by Crippen LogP contribution is 2.19. The van der Waals surface area contributed by atoms with Gasteiger partial charge in [-0.1, -0.05) is 12.8 Å². The topological polar surface area (TPSA) is 90.0 Å². The number of carbonyl (C=O) groups is 1. The lowest BCUT2D eigenvalue weighted by molar-refractivity contribution is -0.133. The van der Waals surface area contributed by atoms with E-state index in [-0.39, 0.29) is 18.0 Å². The average Bonchev–Trinajstić information content (AvgIpc) is 2.88. The maximum atomic E-state index is 12.1. The standard InChI is InChI=1S/C14H30BN3O3/c1-17(2)14(19)13-7-5-10-18(13)11-8-12(16)6-3-4-9-15(20)21/h12-13,20-21H,3-11,16H2,1-2H3/t12?,13-/m0/s1. The normalized spacial score (nSPS) is 20.5. The summed E-state index contributed by atoms with van der Waals surface area (Å²) in [6, 6.07) is 0.147. The summed E-state index contributed by atoms with van der Waals surface area (Å²) in [7, 11) is 2.41. The van der Waals surface area contributed by atoms with Gasteiger partial charge in [-0.05, 0) is 38.5 Å². The number of nitrogens with zero attached hydrogens (tertiary/aromatic N) is 2. The molecule has 1 fully saturated rings. The van der Waals surface area contributed by atoms with Crippen molar-refractivity contribution in [2.24, 2.45) is 5.73 Å². The van der Waals surface area contributed by atoms with Crippen molar-refractivity contribution >= 4 is 13.0 Å². The Kier molecular flexibility index (Phi) is 8.25. The number of rotatable bonds is 9. The highest BCUT2D eigenvalue weighted by molar-refractivity contribution is 6.40. The van der Waals surface area contributed by atoms with Gasteiger partial charge in [0.15, 0.2) is 0 Å². The van der Waals surface area contributed by atoms with E-state index in [4.69, 9.17) is 15.8 Å². The van der Waals surface area contributed by atoms with Gasteiger partial charge in [0.05, 0.1) is 6.04 Å². The molecule has 7 heteroatoms. The maximum absolute atomic E-state index is 12.1. The van der Waals surface area contributed by atoms with Crippen LogP contribution in [0, 0.1) is 0 Å². The summed E-state index contributed by atoms with van der Waals surface area (Å²) in [5, 5.41) is 17.5. The molecule has 0 aromatic rings. The molecule has 0 bridgehead atoms. The number of amides is 1. The third-order valence-corrected chi connectivity index (χ3v) is 4.16. The van der Waals surface area contributed by atoms with Gasteiger partial charge in [-0.3, -0.25) is 9.69 Å². The number of nitrogens with two attached hydrogens (primary N) is 1. The molecule has 0 aliphatic carbocycles. The van der Waals surface area contributed by atoms with Crippen molar-refractivity contribution in [1.82, 2.24) is 9.80 Å². The van der Waals surface area contributed by atoms with Crippen LogP contribution in [-0.4, -0.2) is 72.1 Å². The summed E-state index contributed by atoms with van der Waals surface area (Å²) in [5.74, 6) is 0.193. The lowest BCUT2D eigenvalue weighted by Crippen LogP contribution is -2.44. The molecule has 4 N–H and O–H groups in total. The Balaban J connectivity index is 2.22. The third-order valence-electron chi connectivity index (χ3n) is 4.16. The predicted molar refractivity (Wildman–Crippen MR) is 84.7 cm³/mol. The van der Waals surface area contributed by atoms with E-state index >= 15 is 0 Å². The van der Waals surface area contributed by atoms with Gasteiger partial charge in [0.25, 0.3) is 0 Å². The zero-order valence-electron chi connectivity index (χ0n) is 13.4. The summed E-state index contributed by atoms with van der Waals surface area (Å²) < 4.78 is 0. The summed E-state index contributed by atoms with van der Waals surface area (Å²) in [5.41, 5.74) is 6.10. The molecule has 2 atom stereocenters. The predicted octanol–water partition coefficient (Wildman–Crippen LogP) is -0.100. The first-order valence-corrected chi connectivity index (χ1v) is 7.98. The molecule has 1 heterocycles. The Morgan fingerprint density at radius 3 is 2.71 bits per heavy atom. The van der Waals surface area contributed by atoms with Crippen molar-refractivity contribution in [2.75, 3.05) is 27.2 Å². The highest BCUT2D eigenvalue weighted by atomic mass is 16.4. The van der Waals surface area contributed by atoms with E-state index in [1.807, 2.05) is 0 Å². The van der Waals surface area contributed by atoms with Gasteiger partial charge in [0.2, 0.25) is 5.91 Å². The van der Waals surface area contributed by atoms with Crippen molar-refractivity contribution in [1.29, 1.82) is 0 Å². The van der Waals surface area contributed by atoms with Crippen LogP contribution in [-0.2, 0) is 4.79 Å². The van der Waals surface area contributed by atoms with Crippen LogP contribution in [0.2, 0.25) is 6.32 Å². The number of carbonyl (C=O) groups excluding carboxylic acids is 1. The van der Waals surface area contributed by atoms with Crippen LogP contribution in [0.3, 0.4) is 0 Å². The molecule has 21 heavy (non-hydrogen) atoms. The van der Waals surface area contributed by atoms with Crippen LogP contribution in [0.5, 0.6) is 0 Å². The van der Waals surface area contributed by atoms with E-state index in [1.54, 1.807) is 19.0 Å². The van der Waals surface area contributed by atoms with E-state index < -0.39 is 7.12 Å². The van der Waals surface area contributed by atoms with Gasteiger partial charge in [0, 0.05) is 26.7 Å². The van der Waals surface area contributed by atoms with Crippen molar-refractivity contribution in [3.8, 4) is 0 Å². The van der Waals surface area contributed by atoms with Crippen LogP contribution in [0.1, 0.15) is 38.5 Å². The van der Waals surface area contributed by atoms with Crippen molar-refractivity contribution in [3.05, 3.63) is 0 Å². The average molecular weight is 299 g/mol. The molecule has 122 valence electrons. The highest BCUT2D eigenvalue weighted by Gasteiger charge is 2.31. The van der Waals surface area contributed by atoms with Crippen LogP contribution < -0.4 is 5.73 Å². The quantitative estimate of drug-likeness (QED) is 0.408. The molecule has 1 aliphatic heterocycles. The number of hydrogen-bond donors (Lipinski definition) is 3. The molecule has 1 amide bonds. The maximum Gasteiger partial charge on any atom is 0.451 e. The molecule has 1 unspecified atom stereocenters. The molecule has 0 aromatic heterocycles. The number of hydrogen-bond acceptors (Lipinski definition) is 5. The second kappa shape index (κ2) is 9.40. The molecule has 1 saturated heterocycles. The van der Waals surface area contributed by atoms with E-state index in [2.05, 4.69) is 4.90 Å². The number of likely N-dealkylation sites (tertiary alicyclic amines) is 1. The Labute approximate surface area is 128 Å². The number of likely N-dealkylation sites (N-methyl/N-ethyl adjacent to an activating group) is 1. The Hall–Kier alpha value is -0.625. The molecule has 1 rings (SSSR count). The van der Waals surface area contributed by atoms with Gasteiger partial charge < -0.3 is 20.7 Å². The molecular weight excluding hydrogens is 269 g/mol. The second-order valence-corrected chi connectivity index (χ2v) is 6.24. The van der Waals surface area contributed by atoms with Crippen molar-refractivity contribution in [2.45, 2.75) is 56.9 Å². The zero-order chi connectivity index (χ0) is 15.8. The van der Waals surface area contributed by atoms with Crippen LogP contribution in [0.4, 0.5) is 0 Å². The van der Waals surface area contributed by atoms with Crippen LogP contribution in [0.25, 0.3) is 0 Å². The van der Waals surface area contributed by atoms with Gasteiger partial charge >= 0.3 is 7.12 Å². The van der Waals surface area contributed by atoms with Crippen molar-refractivity contribution in [3.63, 3.8) is 0 Å². The lowest BCUT2D eigenvalue weighted by Gasteiger charge is -2.27. The van der Waals surface area contributed by atoms with E-state index in [0.717, 1.165) is 51.6 Å². The van der Waals surface area contributed by atoms with Crippen LogP contribution >= 0.6 is 0 Å². The SMILES string of the molecule is CN(C)C(=O)[C@@H]1CCCN1CCC(N)CCCCB(O)O. The van der Waals surface area contributed by atoms with E-state index in [1.165, 1.54) is 0 Å². The summed E-state index contributed by atoms with van der Waals surface area (Å²) >= 11 is 0. The van der Waals surface area contributed by atoms with Gasteiger partial charge in [0.1, 0.15) is 0 Å². The Morgan fingerprint density at radius 1 is 1.38 bits per heavy atom. The minimum Gasteiger partial charge on any atom is -0.427 e. The first kappa shape index (κ1) is 18.4. The van der Waals surface area contributed by atoms with Gasteiger partial charge in [-0.15, -0.1) is 0 Å². The number of unbranched alkanes of at least 4 members (excludes halogenated alkanes) is 1. The third kappa shape index (κ3) is 6.78. The van der Waals surface area contributed by atoms with E-state index in [0.29, 0.717) is 6.32 Å². The fourth-order valence-corrected chi connectivity index (χ4v) is 2.88. The molecule has 0 radical (unpaired) electrons. The zero-order valence-corrected chi connectivity index (χ0v) is 13.4. The molecule has 6 nitrogen and oxygen atoms in total. The first-order chi connectivity index (χ1) is 9.91. The van der Waals surface area contributed by atoms with Crippen molar-refractivity contribution < 1.29 is 14.8 Å². The molecule has 0 aromatic carbocycles. The minimum absolute atomic E-state index is 0.0248.